The van der Waals surface area contributed by atoms with Crippen LogP contribution in [0.3, 0.4) is 0 Å². The molecule has 1 atom stereocenters. The van der Waals surface area contributed by atoms with E-state index in [4.69, 9.17) is 4.74 Å². The number of aromatic nitrogens is 2. The van der Waals surface area contributed by atoms with E-state index < -0.39 is 17.6 Å². The minimum absolute atomic E-state index is 0.00648. The van der Waals surface area contributed by atoms with Gasteiger partial charge in [-0.1, -0.05) is 30.3 Å². The van der Waals surface area contributed by atoms with Crippen molar-refractivity contribution in [2.45, 2.75) is 37.3 Å². The molecule has 1 spiro atoms. The molecule has 0 radical (unpaired) electrons. The van der Waals surface area contributed by atoms with Crippen LogP contribution in [0.1, 0.15) is 24.1 Å². The van der Waals surface area contributed by atoms with Crippen molar-refractivity contribution < 1.29 is 19.1 Å². The summed E-state index contributed by atoms with van der Waals surface area (Å²) in [5.41, 5.74) is 2.09. The molecule has 3 aromatic rings. The first kappa shape index (κ1) is 27.0. The number of anilines is 1. The highest BCUT2D eigenvalue weighted by atomic mass is 16.5. The molecule has 1 unspecified atom stereocenters. The molecule has 4 N–H and O–H groups in total. The molecule has 4 amide bonds. The third kappa shape index (κ3) is 5.88. The van der Waals surface area contributed by atoms with Gasteiger partial charge in [0, 0.05) is 50.1 Å². The number of benzene rings is 2. The monoisotopic (exact) mass is 545 g/mol. The SMILES string of the molecule is COc1ccc(CC(NC(=O)NCCc2cnc[nH]2)C(=O)N2CCC3(CC2)C(=O)NCN3c2ccccc2)cc1. The summed E-state index contributed by atoms with van der Waals surface area (Å²) in [5.74, 6) is 0.544. The predicted octanol–water partition coefficient (Wildman–Crippen LogP) is 1.83. The fourth-order valence-electron chi connectivity index (χ4n) is 5.49. The van der Waals surface area contributed by atoms with Crippen LogP contribution < -0.4 is 25.6 Å². The predicted molar refractivity (Wildman–Crippen MR) is 150 cm³/mol. The normalized spacial score (nSPS) is 16.9. The number of carbonyl (C=O) groups excluding carboxylic acids is 3. The molecule has 210 valence electrons. The van der Waals surface area contributed by atoms with E-state index in [1.165, 1.54) is 0 Å². The van der Waals surface area contributed by atoms with Gasteiger partial charge < -0.3 is 35.5 Å². The van der Waals surface area contributed by atoms with Crippen molar-refractivity contribution in [3.05, 3.63) is 78.4 Å². The fourth-order valence-corrected chi connectivity index (χ4v) is 5.49. The van der Waals surface area contributed by atoms with E-state index >= 15 is 0 Å². The number of para-hydroxylation sites is 1. The summed E-state index contributed by atoms with van der Waals surface area (Å²) in [6.45, 7) is 1.67. The van der Waals surface area contributed by atoms with Gasteiger partial charge in [-0.15, -0.1) is 0 Å². The molecule has 2 aromatic carbocycles. The third-order valence-corrected chi connectivity index (χ3v) is 7.74. The van der Waals surface area contributed by atoms with Gasteiger partial charge in [0.05, 0.1) is 20.1 Å². The Morgan fingerprint density at radius 2 is 1.85 bits per heavy atom. The first-order chi connectivity index (χ1) is 19.5. The average molecular weight is 546 g/mol. The van der Waals surface area contributed by atoms with Crippen LogP contribution >= 0.6 is 0 Å². The molecule has 3 heterocycles. The van der Waals surface area contributed by atoms with Crippen molar-refractivity contribution >= 4 is 23.5 Å². The number of aromatic amines is 1. The Labute approximate surface area is 233 Å². The molecule has 40 heavy (non-hydrogen) atoms. The number of imidazole rings is 1. The highest BCUT2D eigenvalue weighted by molar-refractivity contribution is 5.94. The summed E-state index contributed by atoms with van der Waals surface area (Å²) < 4.78 is 5.25. The van der Waals surface area contributed by atoms with Gasteiger partial charge in [0.2, 0.25) is 11.8 Å². The number of hydrogen-bond donors (Lipinski definition) is 4. The molecule has 0 aliphatic carbocycles. The molecule has 2 aliphatic rings. The molecule has 11 heteroatoms. The van der Waals surface area contributed by atoms with Gasteiger partial charge in [0.15, 0.2) is 0 Å². The van der Waals surface area contributed by atoms with Crippen molar-refractivity contribution in [2.75, 3.05) is 38.3 Å². The largest absolute Gasteiger partial charge is 0.497 e. The summed E-state index contributed by atoms with van der Waals surface area (Å²) in [5, 5.41) is 8.72. The molecule has 0 saturated carbocycles. The Kier molecular flexibility index (Phi) is 8.18. The van der Waals surface area contributed by atoms with E-state index in [2.05, 4.69) is 30.8 Å². The number of likely N-dealkylation sites (tertiary alicyclic amines) is 1. The van der Waals surface area contributed by atoms with Crippen LogP contribution in [0.2, 0.25) is 0 Å². The number of ether oxygens (including phenoxy) is 1. The summed E-state index contributed by atoms with van der Waals surface area (Å²) in [4.78, 5) is 50.5. The van der Waals surface area contributed by atoms with E-state index in [-0.39, 0.29) is 11.8 Å². The van der Waals surface area contributed by atoms with Gasteiger partial charge in [0.25, 0.3) is 0 Å². The number of hydrogen-bond acceptors (Lipinski definition) is 6. The highest BCUT2D eigenvalue weighted by Crippen LogP contribution is 2.36. The number of H-pyrrole nitrogens is 1. The molecule has 2 aliphatic heterocycles. The maximum atomic E-state index is 13.8. The van der Waals surface area contributed by atoms with Gasteiger partial charge in [-0.2, -0.15) is 0 Å². The van der Waals surface area contributed by atoms with Crippen LogP contribution in [0.5, 0.6) is 5.75 Å². The second-order valence-corrected chi connectivity index (χ2v) is 10.1. The molecule has 1 aromatic heterocycles. The van der Waals surface area contributed by atoms with E-state index in [1.54, 1.807) is 24.5 Å². The van der Waals surface area contributed by atoms with Crippen LogP contribution in [-0.2, 0) is 22.4 Å². The van der Waals surface area contributed by atoms with Crippen LogP contribution in [0.4, 0.5) is 10.5 Å². The van der Waals surface area contributed by atoms with E-state index in [9.17, 15) is 14.4 Å². The molecule has 11 nitrogen and oxygen atoms in total. The number of carbonyl (C=O) groups is 3. The number of urea groups is 1. The maximum Gasteiger partial charge on any atom is 0.315 e. The van der Waals surface area contributed by atoms with Gasteiger partial charge in [0.1, 0.15) is 17.3 Å². The van der Waals surface area contributed by atoms with E-state index in [0.717, 1.165) is 22.7 Å². The zero-order chi connectivity index (χ0) is 28.0. The average Bonchev–Trinajstić information content (AvgIpc) is 3.62. The Morgan fingerprint density at radius 1 is 1.10 bits per heavy atom. The first-order valence-electron chi connectivity index (χ1n) is 13.5. The maximum absolute atomic E-state index is 13.8. The molecule has 2 saturated heterocycles. The lowest BCUT2D eigenvalue weighted by Gasteiger charge is -2.44. The number of piperidine rings is 1. The Bertz CT molecular complexity index is 1290. The fraction of sp³-hybridized carbons (Fsp3) is 0.379. The number of nitrogens with zero attached hydrogens (tertiary/aromatic N) is 3. The number of rotatable bonds is 9. The van der Waals surface area contributed by atoms with Crippen LogP contribution in [0, 0.1) is 0 Å². The lowest BCUT2D eigenvalue weighted by molar-refractivity contribution is -0.137. The summed E-state index contributed by atoms with van der Waals surface area (Å²) in [6.07, 6.45) is 5.24. The minimum atomic E-state index is -0.766. The molecule has 0 bridgehead atoms. The van der Waals surface area contributed by atoms with Gasteiger partial charge in [-0.25, -0.2) is 9.78 Å². The lowest BCUT2D eigenvalue weighted by Crippen LogP contribution is -2.60. The van der Waals surface area contributed by atoms with Gasteiger partial charge >= 0.3 is 6.03 Å². The third-order valence-electron chi connectivity index (χ3n) is 7.74. The minimum Gasteiger partial charge on any atom is -0.497 e. The second kappa shape index (κ2) is 12.1. The van der Waals surface area contributed by atoms with Crippen LogP contribution in [0.15, 0.2) is 67.1 Å². The van der Waals surface area contributed by atoms with Crippen molar-refractivity contribution in [1.29, 1.82) is 0 Å². The number of methoxy groups -OCH3 is 1. The first-order valence-corrected chi connectivity index (χ1v) is 13.5. The summed E-state index contributed by atoms with van der Waals surface area (Å²) in [6, 6.07) is 16.1. The van der Waals surface area contributed by atoms with Crippen LogP contribution in [-0.4, -0.2) is 77.7 Å². The zero-order valence-corrected chi connectivity index (χ0v) is 22.6. The zero-order valence-electron chi connectivity index (χ0n) is 22.6. The lowest BCUT2D eigenvalue weighted by atomic mass is 9.85. The standard InChI is InChI=1S/C29H35N7O4/c1-40-24-9-7-21(8-10-24)17-25(34-28(39)31-14-11-22-18-30-19-32-22)26(37)35-15-12-29(13-16-35)27(38)33-20-36(29)23-5-3-2-4-6-23/h2-10,18-19,25H,11-17,20H2,1H3,(H,30,32)(H,33,38)(H2,31,34,39). The van der Waals surface area contributed by atoms with Crippen molar-refractivity contribution in [2.24, 2.45) is 0 Å². The number of nitrogens with one attached hydrogen (secondary N) is 4. The van der Waals surface area contributed by atoms with Crippen molar-refractivity contribution in [1.82, 2.24) is 30.8 Å². The summed E-state index contributed by atoms with van der Waals surface area (Å²) in [7, 11) is 1.60. The molecular formula is C29H35N7O4. The quantitative estimate of drug-likeness (QED) is 0.325. The smallest absolute Gasteiger partial charge is 0.315 e. The Hall–Kier alpha value is -4.54. The summed E-state index contributed by atoms with van der Waals surface area (Å²) >= 11 is 0. The topological polar surface area (TPSA) is 132 Å². The van der Waals surface area contributed by atoms with Crippen molar-refractivity contribution in [3.8, 4) is 5.75 Å². The number of amides is 4. The Balaban J connectivity index is 1.26. The molecular weight excluding hydrogens is 510 g/mol. The van der Waals surface area contributed by atoms with E-state index in [1.807, 2.05) is 54.6 Å². The molecule has 5 rings (SSSR count). The van der Waals surface area contributed by atoms with E-state index in [0.29, 0.717) is 52.0 Å². The van der Waals surface area contributed by atoms with Crippen molar-refractivity contribution in [3.63, 3.8) is 0 Å². The van der Waals surface area contributed by atoms with Gasteiger partial charge in [-0.3, -0.25) is 9.59 Å². The second-order valence-electron chi connectivity index (χ2n) is 10.1. The Morgan fingerprint density at radius 3 is 2.52 bits per heavy atom. The van der Waals surface area contributed by atoms with Crippen LogP contribution in [0.25, 0.3) is 0 Å². The molecule has 2 fully saturated rings. The van der Waals surface area contributed by atoms with Gasteiger partial charge in [-0.05, 0) is 42.7 Å². The highest BCUT2D eigenvalue weighted by Gasteiger charge is 2.51.